The Bertz CT molecular complexity index is 1370. The van der Waals surface area contributed by atoms with Crippen LogP contribution < -0.4 is 20.1 Å². The topological polar surface area (TPSA) is 164 Å². The number of aliphatic carboxylic acids is 1. The Balaban J connectivity index is 1.28. The fourth-order valence-electron chi connectivity index (χ4n) is 5.37. The van der Waals surface area contributed by atoms with Crippen molar-refractivity contribution < 1.29 is 43.3 Å². The molecule has 0 aliphatic carbocycles. The Labute approximate surface area is 274 Å². The number of benzene rings is 2. The van der Waals surface area contributed by atoms with Gasteiger partial charge in [-0.1, -0.05) is 26.0 Å². The van der Waals surface area contributed by atoms with E-state index >= 15 is 0 Å². The third-order valence-electron chi connectivity index (χ3n) is 7.93. The molecule has 0 spiro atoms. The minimum absolute atomic E-state index is 0.0212. The number of hydrogen-bond donors (Lipinski definition) is 3. The number of carboxylic acids is 1. The molecule has 4 amide bonds. The number of ether oxygens (including phenoxy) is 3. The number of carbonyl (C=O) groups excluding carboxylic acids is 4. The minimum atomic E-state index is -1.27. The molecule has 13 heteroatoms. The molecule has 4 rings (SSSR count). The van der Waals surface area contributed by atoms with E-state index in [1.807, 2.05) is 18.7 Å². The molecule has 13 nitrogen and oxygen atoms in total. The minimum Gasteiger partial charge on any atom is -0.484 e. The Morgan fingerprint density at radius 3 is 2.06 bits per heavy atom. The Morgan fingerprint density at radius 1 is 0.809 bits per heavy atom. The van der Waals surface area contributed by atoms with Gasteiger partial charge < -0.3 is 39.8 Å². The van der Waals surface area contributed by atoms with Crippen molar-refractivity contribution in [2.24, 2.45) is 5.92 Å². The summed E-state index contributed by atoms with van der Waals surface area (Å²) in [7, 11) is 0. The molecular weight excluding hydrogens is 608 g/mol. The van der Waals surface area contributed by atoms with Crippen LogP contribution in [-0.4, -0.2) is 103 Å². The normalized spacial score (nSPS) is 16.1. The molecule has 2 aromatic carbocycles. The summed E-state index contributed by atoms with van der Waals surface area (Å²) in [6.07, 6.45) is 2.89. The number of carboxylic acid groups (broad SMARTS) is 1. The lowest BCUT2D eigenvalue weighted by atomic mass is 10.0. The number of nitrogens with one attached hydrogen (secondary N) is 2. The molecule has 0 radical (unpaired) electrons. The summed E-state index contributed by atoms with van der Waals surface area (Å²) < 4.78 is 16.2. The molecule has 0 bridgehead atoms. The first-order chi connectivity index (χ1) is 22.6. The summed E-state index contributed by atoms with van der Waals surface area (Å²) in [6.45, 7) is 6.68. The SMILES string of the molecule is CC(C)C[C@H](NC(=O)COc1ccc(C(=O)N2CCCCC2)cc1)C(=O)N[C@@H](Cc1ccc(OC(=O)N2CCOCC2)cc1)C(=O)O. The summed E-state index contributed by atoms with van der Waals surface area (Å²) in [5.74, 6) is -1.71. The van der Waals surface area contributed by atoms with Gasteiger partial charge in [-0.15, -0.1) is 0 Å². The van der Waals surface area contributed by atoms with E-state index in [4.69, 9.17) is 14.2 Å². The molecule has 0 unspecified atom stereocenters. The summed E-state index contributed by atoms with van der Waals surface area (Å²) >= 11 is 0. The van der Waals surface area contributed by atoms with Crippen LogP contribution in [0.4, 0.5) is 4.79 Å². The lowest BCUT2D eigenvalue weighted by molar-refractivity contribution is -0.142. The van der Waals surface area contributed by atoms with Gasteiger partial charge in [-0.25, -0.2) is 9.59 Å². The number of likely N-dealkylation sites (tertiary alicyclic amines) is 1. The molecule has 2 aromatic rings. The summed E-state index contributed by atoms with van der Waals surface area (Å²) in [5.41, 5.74) is 1.15. The van der Waals surface area contributed by atoms with Gasteiger partial charge in [-0.3, -0.25) is 14.4 Å². The molecule has 0 saturated carbocycles. The molecule has 3 N–H and O–H groups in total. The van der Waals surface area contributed by atoms with Crippen molar-refractivity contribution in [2.75, 3.05) is 46.0 Å². The van der Waals surface area contributed by atoms with Gasteiger partial charge in [-0.2, -0.15) is 0 Å². The molecule has 254 valence electrons. The highest BCUT2D eigenvalue weighted by atomic mass is 16.6. The molecule has 0 aromatic heterocycles. The van der Waals surface area contributed by atoms with E-state index in [2.05, 4.69) is 10.6 Å². The second kappa shape index (κ2) is 17.3. The van der Waals surface area contributed by atoms with Crippen molar-refractivity contribution in [1.29, 1.82) is 0 Å². The van der Waals surface area contributed by atoms with Crippen LogP contribution in [-0.2, 0) is 25.5 Å². The molecule has 47 heavy (non-hydrogen) atoms. The number of nitrogens with zero attached hydrogens (tertiary/aromatic N) is 2. The van der Waals surface area contributed by atoms with Crippen LogP contribution in [0.5, 0.6) is 11.5 Å². The van der Waals surface area contributed by atoms with Crippen LogP contribution in [0.2, 0.25) is 0 Å². The second-order valence-corrected chi connectivity index (χ2v) is 12.1. The van der Waals surface area contributed by atoms with Crippen LogP contribution >= 0.6 is 0 Å². The van der Waals surface area contributed by atoms with Crippen molar-refractivity contribution in [3.05, 3.63) is 59.7 Å². The number of carbonyl (C=O) groups is 5. The summed E-state index contributed by atoms with van der Waals surface area (Å²) in [5, 5.41) is 15.1. The predicted molar refractivity (Wildman–Crippen MR) is 171 cm³/mol. The van der Waals surface area contributed by atoms with Gasteiger partial charge in [0.15, 0.2) is 6.61 Å². The maximum atomic E-state index is 13.2. The van der Waals surface area contributed by atoms with Gasteiger partial charge in [0.1, 0.15) is 23.6 Å². The van der Waals surface area contributed by atoms with Gasteiger partial charge in [0.25, 0.3) is 11.8 Å². The maximum Gasteiger partial charge on any atom is 0.415 e. The highest BCUT2D eigenvalue weighted by molar-refractivity contribution is 5.94. The van der Waals surface area contributed by atoms with Crippen LogP contribution in [0.25, 0.3) is 0 Å². The standard InChI is InChI=1S/C34H44N4O9/c1-23(2)20-28(35-30(39)22-46-26-12-8-25(9-13-26)32(41)37-14-4-3-5-15-37)31(40)36-29(33(42)43)21-24-6-10-27(11-7-24)47-34(44)38-16-18-45-19-17-38/h6-13,23,28-29H,3-5,14-22H2,1-2H3,(H,35,39)(H,36,40)(H,42,43)/t28-,29-/m0/s1. The lowest BCUT2D eigenvalue weighted by Gasteiger charge is -2.26. The quantitative estimate of drug-likeness (QED) is 0.295. The van der Waals surface area contributed by atoms with E-state index in [9.17, 15) is 29.1 Å². The first-order valence-electron chi connectivity index (χ1n) is 16.1. The van der Waals surface area contributed by atoms with E-state index in [-0.39, 0.29) is 31.3 Å². The van der Waals surface area contributed by atoms with Crippen LogP contribution in [0, 0.1) is 5.92 Å². The van der Waals surface area contributed by atoms with E-state index in [0.717, 1.165) is 32.4 Å². The Kier molecular flexibility index (Phi) is 13.0. The highest BCUT2D eigenvalue weighted by Gasteiger charge is 2.28. The van der Waals surface area contributed by atoms with E-state index < -0.39 is 36.0 Å². The number of hydrogen-bond acceptors (Lipinski definition) is 8. The van der Waals surface area contributed by atoms with Gasteiger partial charge in [0.2, 0.25) is 5.91 Å². The zero-order valence-electron chi connectivity index (χ0n) is 26.9. The zero-order valence-corrected chi connectivity index (χ0v) is 26.9. The highest BCUT2D eigenvalue weighted by Crippen LogP contribution is 2.18. The summed E-state index contributed by atoms with van der Waals surface area (Å²) in [6, 6.07) is 10.7. The largest absolute Gasteiger partial charge is 0.484 e. The molecule has 2 fully saturated rings. The first kappa shape index (κ1) is 35.2. The van der Waals surface area contributed by atoms with Crippen molar-refractivity contribution in [2.45, 2.75) is 58.0 Å². The average Bonchev–Trinajstić information content (AvgIpc) is 3.08. The lowest BCUT2D eigenvalue weighted by Crippen LogP contribution is -2.53. The fraction of sp³-hybridized carbons (Fsp3) is 0.500. The van der Waals surface area contributed by atoms with E-state index in [0.29, 0.717) is 48.9 Å². The van der Waals surface area contributed by atoms with Crippen molar-refractivity contribution >= 4 is 29.8 Å². The molecule has 2 aliphatic heterocycles. The molecule has 2 heterocycles. The molecular formula is C34H44N4O9. The van der Waals surface area contributed by atoms with Gasteiger partial charge >= 0.3 is 12.1 Å². The van der Waals surface area contributed by atoms with Crippen molar-refractivity contribution in [3.8, 4) is 11.5 Å². The van der Waals surface area contributed by atoms with Gasteiger partial charge in [0, 0.05) is 38.2 Å². The second-order valence-electron chi connectivity index (χ2n) is 12.1. The Hall–Kier alpha value is -4.65. The van der Waals surface area contributed by atoms with Crippen molar-refractivity contribution in [3.63, 3.8) is 0 Å². The van der Waals surface area contributed by atoms with Crippen LogP contribution in [0.15, 0.2) is 48.5 Å². The van der Waals surface area contributed by atoms with Gasteiger partial charge in [0.05, 0.1) is 13.2 Å². The summed E-state index contributed by atoms with van der Waals surface area (Å²) in [4.78, 5) is 66.5. The van der Waals surface area contributed by atoms with Gasteiger partial charge in [-0.05, 0) is 73.6 Å². The molecule has 2 saturated heterocycles. The smallest absolute Gasteiger partial charge is 0.415 e. The van der Waals surface area contributed by atoms with E-state index in [1.165, 1.54) is 0 Å². The number of piperidine rings is 1. The molecule has 2 atom stereocenters. The van der Waals surface area contributed by atoms with Crippen molar-refractivity contribution in [1.82, 2.24) is 20.4 Å². The van der Waals surface area contributed by atoms with E-state index in [1.54, 1.807) is 53.4 Å². The van der Waals surface area contributed by atoms with Crippen LogP contribution in [0.3, 0.4) is 0 Å². The average molecular weight is 653 g/mol. The first-order valence-corrected chi connectivity index (χ1v) is 16.1. The number of morpholine rings is 1. The number of amides is 4. The maximum absolute atomic E-state index is 13.2. The third kappa shape index (κ3) is 11.0. The predicted octanol–water partition coefficient (Wildman–Crippen LogP) is 2.87. The molecule has 2 aliphatic rings. The zero-order chi connectivity index (χ0) is 33.8. The third-order valence-corrected chi connectivity index (χ3v) is 7.93. The fourth-order valence-corrected chi connectivity index (χ4v) is 5.37. The number of rotatable bonds is 13. The monoisotopic (exact) mass is 652 g/mol. The Morgan fingerprint density at radius 2 is 1.45 bits per heavy atom. The van der Waals surface area contributed by atoms with Crippen LogP contribution in [0.1, 0.15) is 55.5 Å².